The van der Waals surface area contributed by atoms with Gasteiger partial charge < -0.3 is 9.88 Å². The molecule has 0 aromatic carbocycles. The van der Waals surface area contributed by atoms with Crippen LogP contribution in [-0.2, 0) is 7.05 Å². The molecule has 1 atom stereocenters. The molecule has 1 unspecified atom stereocenters. The van der Waals surface area contributed by atoms with Gasteiger partial charge in [0.2, 0.25) is 0 Å². The first-order chi connectivity index (χ1) is 6.11. The van der Waals surface area contributed by atoms with Crippen molar-refractivity contribution in [1.82, 2.24) is 20.1 Å². The molecule has 4 nitrogen and oxygen atoms in total. The van der Waals surface area contributed by atoms with Crippen molar-refractivity contribution in [3.05, 3.63) is 12.2 Å². The highest BCUT2D eigenvalue weighted by atomic mass is 15.3. The predicted molar refractivity (Wildman–Crippen MR) is 52.3 cm³/mol. The summed E-state index contributed by atoms with van der Waals surface area (Å²) in [6.45, 7) is 7.49. The number of hydrogen-bond acceptors (Lipinski definition) is 3. The number of aromatic nitrogens is 3. The van der Waals surface area contributed by atoms with Gasteiger partial charge in [0.25, 0.3) is 0 Å². The summed E-state index contributed by atoms with van der Waals surface area (Å²) in [6.07, 6.45) is 1.73. The lowest BCUT2D eigenvalue weighted by atomic mass is 10.2. The molecule has 13 heavy (non-hydrogen) atoms. The SMILES string of the molecule is CC(C)CNC(C)c1nncn1C. The van der Waals surface area contributed by atoms with Crippen LogP contribution < -0.4 is 5.32 Å². The molecule has 74 valence electrons. The standard InChI is InChI=1S/C9H18N4/c1-7(2)5-10-8(3)9-12-11-6-13(9)4/h6-8,10H,5H2,1-4H3. The van der Waals surface area contributed by atoms with Gasteiger partial charge in [0.15, 0.2) is 0 Å². The Balaban J connectivity index is 2.49. The van der Waals surface area contributed by atoms with Crippen LogP contribution in [0.1, 0.15) is 32.6 Å². The summed E-state index contributed by atoms with van der Waals surface area (Å²) >= 11 is 0. The van der Waals surface area contributed by atoms with Crippen LogP contribution >= 0.6 is 0 Å². The topological polar surface area (TPSA) is 42.7 Å². The van der Waals surface area contributed by atoms with Gasteiger partial charge in [-0.2, -0.15) is 0 Å². The molecule has 0 fully saturated rings. The van der Waals surface area contributed by atoms with Crippen molar-refractivity contribution in [2.75, 3.05) is 6.54 Å². The van der Waals surface area contributed by atoms with Crippen LogP contribution in [0.15, 0.2) is 6.33 Å². The summed E-state index contributed by atoms with van der Waals surface area (Å²) in [5, 5.41) is 11.3. The van der Waals surface area contributed by atoms with E-state index in [1.807, 2.05) is 11.6 Å². The van der Waals surface area contributed by atoms with Crippen LogP contribution in [-0.4, -0.2) is 21.3 Å². The van der Waals surface area contributed by atoms with Gasteiger partial charge in [0, 0.05) is 7.05 Å². The molecule has 1 aromatic rings. The molecule has 0 aliphatic heterocycles. The van der Waals surface area contributed by atoms with Gasteiger partial charge in [0.1, 0.15) is 12.2 Å². The summed E-state index contributed by atoms with van der Waals surface area (Å²) in [4.78, 5) is 0. The van der Waals surface area contributed by atoms with Crippen molar-refractivity contribution in [1.29, 1.82) is 0 Å². The summed E-state index contributed by atoms with van der Waals surface area (Å²) in [6, 6.07) is 0.273. The second kappa shape index (κ2) is 4.37. The maximum atomic E-state index is 4.04. The molecule has 1 aromatic heterocycles. The van der Waals surface area contributed by atoms with E-state index in [2.05, 4.69) is 36.3 Å². The highest BCUT2D eigenvalue weighted by Gasteiger charge is 2.10. The lowest BCUT2D eigenvalue weighted by Crippen LogP contribution is -2.25. The highest BCUT2D eigenvalue weighted by molar-refractivity contribution is 4.91. The quantitative estimate of drug-likeness (QED) is 0.759. The maximum absolute atomic E-state index is 4.04. The van der Waals surface area contributed by atoms with E-state index in [0.717, 1.165) is 12.4 Å². The molecule has 0 aliphatic rings. The molecule has 0 bridgehead atoms. The fourth-order valence-corrected chi connectivity index (χ4v) is 1.19. The Kier molecular flexibility index (Phi) is 3.42. The third-order valence-electron chi connectivity index (χ3n) is 1.97. The summed E-state index contributed by atoms with van der Waals surface area (Å²) < 4.78 is 1.94. The first-order valence-corrected chi connectivity index (χ1v) is 4.68. The molecular weight excluding hydrogens is 164 g/mol. The van der Waals surface area contributed by atoms with E-state index >= 15 is 0 Å². The van der Waals surface area contributed by atoms with Crippen LogP contribution in [0.4, 0.5) is 0 Å². The van der Waals surface area contributed by atoms with Crippen molar-refractivity contribution in [3.63, 3.8) is 0 Å². The fourth-order valence-electron chi connectivity index (χ4n) is 1.19. The molecule has 4 heteroatoms. The van der Waals surface area contributed by atoms with Crippen LogP contribution in [0.25, 0.3) is 0 Å². The molecule has 1 heterocycles. The van der Waals surface area contributed by atoms with E-state index < -0.39 is 0 Å². The zero-order chi connectivity index (χ0) is 9.84. The minimum absolute atomic E-state index is 0.273. The third-order valence-corrected chi connectivity index (χ3v) is 1.97. The minimum atomic E-state index is 0.273. The first-order valence-electron chi connectivity index (χ1n) is 4.68. The Bertz CT molecular complexity index is 254. The molecule has 0 radical (unpaired) electrons. The third kappa shape index (κ3) is 2.81. The zero-order valence-corrected chi connectivity index (χ0v) is 8.78. The van der Waals surface area contributed by atoms with Crippen molar-refractivity contribution in [3.8, 4) is 0 Å². The number of aryl methyl sites for hydroxylation is 1. The molecule has 0 saturated heterocycles. The second-order valence-electron chi connectivity index (χ2n) is 3.82. The molecule has 0 aliphatic carbocycles. The lowest BCUT2D eigenvalue weighted by Gasteiger charge is -2.14. The maximum Gasteiger partial charge on any atom is 0.149 e. The largest absolute Gasteiger partial charge is 0.319 e. The molecule has 1 N–H and O–H groups in total. The number of nitrogens with one attached hydrogen (secondary N) is 1. The van der Waals surface area contributed by atoms with Gasteiger partial charge in [-0.15, -0.1) is 10.2 Å². The van der Waals surface area contributed by atoms with Gasteiger partial charge in [0.05, 0.1) is 6.04 Å². The smallest absolute Gasteiger partial charge is 0.149 e. The predicted octanol–water partition coefficient (Wildman–Crippen LogP) is 1.12. The van der Waals surface area contributed by atoms with Crippen LogP contribution in [0, 0.1) is 5.92 Å². The summed E-state index contributed by atoms with van der Waals surface area (Å²) in [7, 11) is 1.96. The summed E-state index contributed by atoms with van der Waals surface area (Å²) in [5.41, 5.74) is 0. The monoisotopic (exact) mass is 182 g/mol. The Morgan fingerprint density at radius 2 is 2.15 bits per heavy atom. The van der Waals surface area contributed by atoms with Crippen molar-refractivity contribution < 1.29 is 0 Å². The average molecular weight is 182 g/mol. The number of rotatable bonds is 4. The van der Waals surface area contributed by atoms with Crippen LogP contribution in [0.5, 0.6) is 0 Å². The number of nitrogens with zero attached hydrogens (tertiary/aromatic N) is 3. The Labute approximate surface area is 79.4 Å². The fraction of sp³-hybridized carbons (Fsp3) is 0.778. The van der Waals surface area contributed by atoms with Gasteiger partial charge in [-0.05, 0) is 19.4 Å². The second-order valence-corrected chi connectivity index (χ2v) is 3.82. The van der Waals surface area contributed by atoms with Gasteiger partial charge in [-0.25, -0.2) is 0 Å². The van der Waals surface area contributed by atoms with Crippen LogP contribution in [0.3, 0.4) is 0 Å². The Hall–Kier alpha value is -0.900. The first kappa shape index (κ1) is 10.2. The molecule has 1 rings (SSSR count). The van der Waals surface area contributed by atoms with Crippen LogP contribution in [0.2, 0.25) is 0 Å². The van der Waals surface area contributed by atoms with E-state index in [9.17, 15) is 0 Å². The van der Waals surface area contributed by atoms with E-state index in [4.69, 9.17) is 0 Å². The van der Waals surface area contributed by atoms with E-state index in [1.54, 1.807) is 6.33 Å². The zero-order valence-electron chi connectivity index (χ0n) is 8.78. The molecular formula is C9H18N4. The van der Waals surface area contributed by atoms with Crippen molar-refractivity contribution in [2.24, 2.45) is 13.0 Å². The Morgan fingerprint density at radius 3 is 2.62 bits per heavy atom. The minimum Gasteiger partial charge on any atom is -0.319 e. The lowest BCUT2D eigenvalue weighted by molar-refractivity contribution is 0.472. The summed E-state index contributed by atoms with van der Waals surface area (Å²) in [5.74, 6) is 1.65. The molecule has 0 amide bonds. The average Bonchev–Trinajstić information content (AvgIpc) is 2.47. The van der Waals surface area contributed by atoms with Gasteiger partial charge >= 0.3 is 0 Å². The highest BCUT2D eigenvalue weighted by Crippen LogP contribution is 2.07. The normalized spacial score (nSPS) is 13.6. The van der Waals surface area contributed by atoms with Gasteiger partial charge in [-0.1, -0.05) is 13.8 Å². The van der Waals surface area contributed by atoms with E-state index in [-0.39, 0.29) is 6.04 Å². The Morgan fingerprint density at radius 1 is 1.46 bits per heavy atom. The number of hydrogen-bond donors (Lipinski definition) is 1. The van der Waals surface area contributed by atoms with E-state index in [1.165, 1.54) is 0 Å². The van der Waals surface area contributed by atoms with Crippen molar-refractivity contribution in [2.45, 2.75) is 26.8 Å². The molecule has 0 saturated carbocycles. The van der Waals surface area contributed by atoms with E-state index in [0.29, 0.717) is 5.92 Å². The van der Waals surface area contributed by atoms with Crippen molar-refractivity contribution >= 4 is 0 Å². The molecule has 0 spiro atoms. The van der Waals surface area contributed by atoms with Gasteiger partial charge in [-0.3, -0.25) is 0 Å².